The van der Waals surface area contributed by atoms with Crippen LogP contribution in [0.4, 0.5) is 0 Å². The summed E-state index contributed by atoms with van der Waals surface area (Å²) < 4.78 is 10.6. The van der Waals surface area contributed by atoms with Crippen LogP contribution in [0.5, 0.6) is 5.75 Å². The lowest BCUT2D eigenvalue weighted by atomic mass is 9.98. The quantitative estimate of drug-likeness (QED) is 0.808. The summed E-state index contributed by atoms with van der Waals surface area (Å²) in [5.41, 5.74) is 0.884. The van der Waals surface area contributed by atoms with E-state index in [-0.39, 0.29) is 11.8 Å². The molecule has 1 aliphatic rings. The SMILES string of the molecule is COc1ccccc1/C=C/C(=O)N1CCC[C@@H](c2nc(C)no2)C1. The molecule has 1 fully saturated rings. The molecule has 126 valence electrons. The van der Waals surface area contributed by atoms with Crippen LogP contribution in [-0.2, 0) is 4.79 Å². The van der Waals surface area contributed by atoms with Gasteiger partial charge in [0, 0.05) is 24.7 Å². The van der Waals surface area contributed by atoms with Crippen LogP contribution in [0.1, 0.15) is 36.0 Å². The molecular formula is C18H21N3O3. The van der Waals surface area contributed by atoms with Crippen LogP contribution >= 0.6 is 0 Å². The monoisotopic (exact) mass is 327 g/mol. The number of hydrogen-bond acceptors (Lipinski definition) is 5. The number of carbonyl (C=O) groups is 1. The fourth-order valence-corrected chi connectivity index (χ4v) is 2.93. The normalized spacial score (nSPS) is 18.1. The highest BCUT2D eigenvalue weighted by Gasteiger charge is 2.27. The third-order valence-electron chi connectivity index (χ3n) is 4.17. The molecule has 6 heteroatoms. The van der Waals surface area contributed by atoms with E-state index in [1.807, 2.05) is 29.2 Å². The minimum atomic E-state index is -0.0122. The zero-order valence-electron chi connectivity index (χ0n) is 13.9. The predicted molar refractivity (Wildman–Crippen MR) is 89.6 cm³/mol. The third kappa shape index (κ3) is 3.64. The zero-order chi connectivity index (χ0) is 16.9. The molecule has 1 saturated heterocycles. The Kier molecular flexibility index (Phi) is 4.93. The number of rotatable bonds is 4. The number of aromatic nitrogens is 2. The highest BCUT2D eigenvalue weighted by atomic mass is 16.5. The standard InChI is InChI=1S/C18H21N3O3/c1-13-19-18(24-20-13)15-7-5-11-21(12-15)17(22)10-9-14-6-3-4-8-16(14)23-2/h3-4,6,8-10,15H,5,7,11-12H2,1-2H3/b10-9+/t15-/m1/s1. The van der Waals surface area contributed by atoms with E-state index in [4.69, 9.17) is 9.26 Å². The first-order valence-corrected chi connectivity index (χ1v) is 8.07. The number of para-hydroxylation sites is 1. The number of aryl methyl sites for hydroxylation is 1. The number of benzene rings is 1. The van der Waals surface area contributed by atoms with Gasteiger partial charge in [0.25, 0.3) is 0 Å². The molecule has 1 aromatic heterocycles. The average Bonchev–Trinajstić information content (AvgIpc) is 3.06. The summed E-state index contributed by atoms with van der Waals surface area (Å²) in [6.07, 6.45) is 5.28. The van der Waals surface area contributed by atoms with Crippen molar-refractivity contribution in [2.75, 3.05) is 20.2 Å². The lowest BCUT2D eigenvalue weighted by molar-refractivity contribution is -0.127. The zero-order valence-corrected chi connectivity index (χ0v) is 13.9. The van der Waals surface area contributed by atoms with Crippen molar-refractivity contribution < 1.29 is 14.1 Å². The van der Waals surface area contributed by atoms with Crippen molar-refractivity contribution in [1.82, 2.24) is 15.0 Å². The number of nitrogens with zero attached hydrogens (tertiary/aromatic N) is 3. The maximum Gasteiger partial charge on any atom is 0.246 e. The average molecular weight is 327 g/mol. The van der Waals surface area contributed by atoms with E-state index in [1.165, 1.54) is 0 Å². The van der Waals surface area contributed by atoms with Crippen LogP contribution in [0.2, 0.25) is 0 Å². The van der Waals surface area contributed by atoms with Gasteiger partial charge in [0.15, 0.2) is 5.82 Å². The molecule has 0 N–H and O–H groups in total. The number of carbonyl (C=O) groups excluding carboxylic acids is 1. The van der Waals surface area contributed by atoms with Gasteiger partial charge < -0.3 is 14.2 Å². The summed E-state index contributed by atoms with van der Waals surface area (Å²) in [7, 11) is 1.62. The second kappa shape index (κ2) is 7.29. The van der Waals surface area contributed by atoms with Crippen molar-refractivity contribution in [3.05, 3.63) is 47.6 Å². The number of methoxy groups -OCH3 is 1. The molecule has 0 radical (unpaired) electrons. The van der Waals surface area contributed by atoms with E-state index in [2.05, 4.69) is 10.1 Å². The van der Waals surface area contributed by atoms with Gasteiger partial charge >= 0.3 is 0 Å². The van der Waals surface area contributed by atoms with Crippen LogP contribution < -0.4 is 4.74 Å². The summed E-state index contributed by atoms with van der Waals surface area (Å²) in [5, 5.41) is 3.84. The number of ether oxygens (including phenoxy) is 1. The second-order valence-electron chi connectivity index (χ2n) is 5.88. The van der Waals surface area contributed by atoms with E-state index < -0.39 is 0 Å². The largest absolute Gasteiger partial charge is 0.496 e. The molecule has 2 aromatic rings. The molecule has 24 heavy (non-hydrogen) atoms. The molecule has 0 saturated carbocycles. The summed E-state index contributed by atoms with van der Waals surface area (Å²) in [6, 6.07) is 7.61. The minimum absolute atomic E-state index is 0.0122. The number of likely N-dealkylation sites (tertiary alicyclic amines) is 1. The first-order valence-electron chi connectivity index (χ1n) is 8.07. The number of amides is 1. The topological polar surface area (TPSA) is 68.5 Å². The van der Waals surface area contributed by atoms with Crippen molar-refractivity contribution in [3.63, 3.8) is 0 Å². The molecule has 6 nitrogen and oxygen atoms in total. The fourth-order valence-electron chi connectivity index (χ4n) is 2.93. The Morgan fingerprint density at radius 1 is 1.42 bits per heavy atom. The van der Waals surface area contributed by atoms with Crippen LogP contribution in [-0.4, -0.2) is 41.1 Å². The molecule has 0 unspecified atom stereocenters. The first kappa shape index (κ1) is 16.2. The predicted octanol–water partition coefficient (Wildman–Crippen LogP) is 2.81. The van der Waals surface area contributed by atoms with E-state index in [0.717, 1.165) is 30.7 Å². The van der Waals surface area contributed by atoms with Crippen molar-refractivity contribution in [2.24, 2.45) is 0 Å². The molecule has 0 aliphatic carbocycles. The van der Waals surface area contributed by atoms with Crippen molar-refractivity contribution >= 4 is 12.0 Å². The van der Waals surface area contributed by atoms with E-state index in [1.54, 1.807) is 26.2 Å². The van der Waals surface area contributed by atoms with Crippen LogP contribution in [0.15, 0.2) is 34.9 Å². The van der Waals surface area contributed by atoms with Crippen molar-refractivity contribution in [1.29, 1.82) is 0 Å². The van der Waals surface area contributed by atoms with Crippen molar-refractivity contribution in [3.8, 4) is 5.75 Å². The fraction of sp³-hybridized carbons (Fsp3) is 0.389. The molecule has 2 heterocycles. The molecule has 3 rings (SSSR count). The van der Waals surface area contributed by atoms with Gasteiger partial charge in [0.05, 0.1) is 13.0 Å². The smallest absolute Gasteiger partial charge is 0.246 e. The molecule has 0 bridgehead atoms. The highest BCUT2D eigenvalue weighted by Crippen LogP contribution is 2.26. The molecule has 0 spiro atoms. The van der Waals surface area contributed by atoms with Gasteiger partial charge in [-0.2, -0.15) is 4.98 Å². The third-order valence-corrected chi connectivity index (χ3v) is 4.17. The molecular weight excluding hydrogens is 306 g/mol. The van der Waals surface area contributed by atoms with E-state index in [9.17, 15) is 4.79 Å². The molecule has 1 aromatic carbocycles. The lowest BCUT2D eigenvalue weighted by Crippen LogP contribution is -2.38. The van der Waals surface area contributed by atoms with Gasteiger partial charge in [-0.1, -0.05) is 23.4 Å². The highest BCUT2D eigenvalue weighted by molar-refractivity contribution is 5.92. The second-order valence-corrected chi connectivity index (χ2v) is 5.88. The summed E-state index contributed by atoms with van der Waals surface area (Å²) in [4.78, 5) is 18.6. The molecule has 1 atom stereocenters. The summed E-state index contributed by atoms with van der Waals surface area (Å²) >= 11 is 0. The van der Waals surface area contributed by atoms with Gasteiger partial charge in [0.1, 0.15) is 5.75 Å². The summed E-state index contributed by atoms with van der Waals surface area (Å²) in [5.74, 6) is 2.10. The van der Waals surface area contributed by atoms with Crippen LogP contribution in [0, 0.1) is 6.92 Å². The van der Waals surface area contributed by atoms with Crippen LogP contribution in [0.25, 0.3) is 6.08 Å². The van der Waals surface area contributed by atoms with Gasteiger partial charge in [-0.3, -0.25) is 4.79 Å². The maximum absolute atomic E-state index is 12.5. The Morgan fingerprint density at radius 3 is 3.00 bits per heavy atom. The van der Waals surface area contributed by atoms with Crippen molar-refractivity contribution in [2.45, 2.75) is 25.7 Å². The van der Waals surface area contributed by atoms with E-state index >= 15 is 0 Å². The van der Waals surface area contributed by atoms with Gasteiger partial charge in [-0.15, -0.1) is 0 Å². The maximum atomic E-state index is 12.5. The lowest BCUT2D eigenvalue weighted by Gasteiger charge is -2.30. The van der Waals surface area contributed by atoms with Gasteiger partial charge in [0.2, 0.25) is 11.8 Å². The van der Waals surface area contributed by atoms with Gasteiger partial charge in [-0.25, -0.2) is 0 Å². The summed E-state index contributed by atoms with van der Waals surface area (Å²) in [6.45, 7) is 3.16. The Bertz CT molecular complexity index is 739. The van der Waals surface area contributed by atoms with Gasteiger partial charge in [-0.05, 0) is 31.9 Å². The first-order chi connectivity index (χ1) is 11.7. The minimum Gasteiger partial charge on any atom is -0.496 e. The Morgan fingerprint density at radius 2 is 2.25 bits per heavy atom. The van der Waals surface area contributed by atoms with Crippen LogP contribution in [0.3, 0.4) is 0 Å². The Hall–Kier alpha value is -2.63. The molecule has 1 amide bonds. The molecule has 1 aliphatic heterocycles. The Balaban J connectivity index is 1.67. The number of piperidine rings is 1. The van der Waals surface area contributed by atoms with E-state index in [0.29, 0.717) is 18.3 Å². The number of hydrogen-bond donors (Lipinski definition) is 0. The Labute approximate surface area is 141 Å².